The van der Waals surface area contributed by atoms with Crippen molar-refractivity contribution in [2.45, 2.75) is 235 Å². The molecular formula is C137H186O13. The molecule has 17 aromatic carbocycles. The minimum atomic E-state index is -0.139. The molecule has 0 aliphatic carbocycles. The van der Waals surface area contributed by atoms with Gasteiger partial charge in [-0.05, 0) is 201 Å². The number of rotatable bonds is 5. The average molecular weight is 2040 g/mol. The summed E-state index contributed by atoms with van der Waals surface area (Å²) in [5.41, 5.74) is 7.47. The Bertz CT molecular complexity index is 4440. The van der Waals surface area contributed by atoms with Crippen LogP contribution in [0.1, 0.15) is 253 Å². The van der Waals surface area contributed by atoms with Crippen LogP contribution in [0.4, 0.5) is 0 Å². The van der Waals surface area contributed by atoms with E-state index in [0.717, 1.165) is 22.3 Å². The Hall–Kier alpha value is -15.9. The first kappa shape index (κ1) is 147. The summed E-state index contributed by atoms with van der Waals surface area (Å²) < 4.78 is 0. The summed E-state index contributed by atoms with van der Waals surface area (Å²) in [5.74, 6) is 3.40. The predicted octanol–water partition coefficient (Wildman–Crippen LogP) is 39.8. The van der Waals surface area contributed by atoms with Crippen molar-refractivity contribution in [3.05, 3.63) is 536 Å². The van der Waals surface area contributed by atoms with Gasteiger partial charge in [0, 0.05) is 11.8 Å². The van der Waals surface area contributed by atoms with Gasteiger partial charge in [-0.2, -0.15) is 0 Å². The van der Waals surface area contributed by atoms with Gasteiger partial charge in [0.25, 0.3) is 0 Å². The van der Waals surface area contributed by atoms with E-state index in [-0.39, 0.29) is 34.8 Å². The molecule has 0 bridgehead atoms. The standard InChI is InChI=1S/C26H22O4.3C7H8O.6C6H6O.4C6H6.10C3H8/c27-21-9-1-17(2-10-21)25(18-3-11-22(28)12-4-18)26(19-5-13-23(29)14-6-19)20-7-15-24(30)16-8-20;3*1-6-2-4-7(8)5-3-6;6*7-6-4-2-1-3-5-6;4*1-2-4-6-5-3-1;10*1-3-2/h1-16,25-30H;3*2-5,8H,1H3;6*1-5,7H;4*1-6H;10*3H2,1-2H3. The molecule has 0 amide bonds. The summed E-state index contributed by atoms with van der Waals surface area (Å²) in [6, 6.07) is 150. The van der Waals surface area contributed by atoms with Crippen molar-refractivity contribution in [1.29, 1.82) is 0 Å². The highest BCUT2D eigenvalue weighted by molar-refractivity contribution is 5.48. The maximum Gasteiger partial charge on any atom is 0.115 e. The highest BCUT2D eigenvalue weighted by atomic mass is 16.3. The first-order valence-corrected chi connectivity index (χ1v) is 52.3. The molecule has 0 aromatic heterocycles. The van der Waals surface area contributed by atoms with Crippen LogP contribution >= 0.6 is 0 Å². The first-order chi connectivity index (χ1) is 72.4. The van der Waals surface area contributed by atoms with Crippen LogP contribution in [0.2, 0.25) is 0 Å². The zero-order valence-electron chi connectivity index (χ0n) is 94.4. The first-order valence-electron chi connectivity index (χ1n) is 52.3. The molecule has 0 saturated carbocycles. The van der Waals surface area contributed by atoms with E-state index in [4.69, 9.17) is 46.0 Å². The number of para-hydroxylation sites is 6. The zero-order chi connectivity index (χ0) is 114. The van der Waals surface area contributed by atoms with E-state index in [1.165, 1.54) is 80.9 Å². The van der Waals surface area contributed by atoms with Gasteiger partial charge >= 0.3 is 0 Å². The van der Waals surface area contributed by atoms with E-state index in [0.29, 0.717) is 51.7 Å². The second-order valence-corrected chi connectivity index (χ2v) is 32.5. The molecule has 17 aromatic rings. The van der Waals surface area contributed by atoms with Crippen LogP contribution in [-0.2, 0) is 0 Å². The molecule has 13 heteroatoms. The number of phenols is 13. The fourth-order valence-electron chi connectivity index (χ4n) is 9.62. The minimum absolute atomic E-state index is 0.139. The van der Waals surface area contributed by atoms with Crippen LogP contribution in [0.3, 0.4) is 0 Å². The van der Waals surface area contributed by atoms with Crippen molar-refractivity contribution in [3.8, 4) is 74.7 Å². The fourth-order valence-corrected chi connectivity index (χ4v) is 9.62. The molecule has 0 radical (unpaired) electrons. The Morgan fingerprint density at radius 3 is 0.240 bits per heavy atom. The molecule has 13 nitrogen and oxygen atoms in total. The quantitative estimate of drug-likeness (QED) is 0.0766. The van der Waals surface area contributed by atoms with Crippen molar-refractivity contribution in [1.82, 2.24) is 0 Å². The third-order valence-electron chi connectivity index (χ3n) is 15.6. The average Bonchev–Trinajstić information content (AvgIpc) is 0.779. The summed E-state index contributed by atoms with van der Waals surface area (Å²) in [4.78, 5) is 0. The molecule has 17 rings (SSSR count). The minimum Gasteiger partial charge on any atom is -0.508 e. The lowest BCUT2D eigenvalue weighted by Crippen LogP contribution is -2.14. The van der Waals surface area contributed by atoms with E-state index in [1.807, 2.05) is 288 Å². The van der Waals surface area contributed by atoms with Crippen LogP contribution in [0.5, 0.6) is 74.7 Å². The van der Waals surface area contributed by atoms with E-state index in [1.54, 1.807) is 231 Å². The zero-order valence-corrected chi connectivity index (χ0v) is 94.4. The monoisotopic (exact) mass is 2040 g/mol. The van der Waals surface area contributed by atoms with Gasteiger partial charge in [-0.3, -0.25) is 0 Å². The van der Waals surface area contributed by atoms with Crippen molar-refractivity contribution in [3.63, 3.8) is 0 Å². The third kappa shape index (κ3) is 106. The molecule has 0 saturated heterocycles. The number of hydrogen-bond donors (Lipinski definition) is 13. The summed E-state index contributed by atoms with van der Waals surface area (Å²) >= 11 is 0. The van der Waals surface area contributed by atoms with Gasteiger partial charge < -0.3 is 66.4 Å². The number of aromatic hydroxyl groups is 13. The Morgan fingerprint density at radius 2 is 0.173 bits per heavy atom. The summed E-state index contributed by atoms with van der Waals surface area (Å²) in [5, 5.41) is 117. The summed E-state index contributed by atoms with van der Waals surface area (Å²) in [6.45, 7) is 48.5. The van der Waals surface area contributed by atoms with E-state index < -0.39 is 0 Å². The molecule has 0 atom stereocenters. The summed E-state index contributed by atoms with van der Waals surface area (Å²) in [6.07, 6.45) is 12.5. The van der Waals surface area contributed by atoms with E-state index in [2.05, 4.69) is 138 Å². The highest BCUT2D eigenvalue weighted by Gasteiger charge is 2.29. The van der Waals surface area contributed by atoms with Crippen LogP contribution < -0.4 is 0 Å². The number of aryl methyl sites for hydroxylation is 3. The van der Waals surface area contributed by atoms with E-state index >= 15 is 0 Å². The molecule has 13 N–H and O–H groups in total. The molecule has 0 spiro atoms. The maximum atomic E-state index is 9.79. The Kier molecular flexibility index (Phi) is 113. The second kappa shape index (κ2) is 115. The topological polar surface area (TPSA) is 263 Å². The van der Waals surface area contributed by atoms with Crippen LogP contribution in [-0.4, -0.2) is 66.4 Å². The molecular weight excluding hydrogens is 1850 g/mol. The highest BCUT2D eigenvalue weighted by Crippen LogP contribution is 2.44. The molecule has 0 fully saturated rings. The van der Waals surface area contributed by atoms with Gasteiger partial charge in [0.05, 0.1) is 0 Å². The number of benzene rings is 17. The lowest BCUT2D eigenvalue weighted by atomic mass is 9.73. The molecule has 0 heterocycles. The predicted molar refractivity (Wildman–Crippen MR) is 649 cm³/mol. The third-order valence-corrected chi connectivity index (χ3v) is 15.6. The van der Waals surface area contributed by atoms with Gasteiger partial charge in [-0.15, -0.1) is 0 Å². The van der Waals surface area contributed by atoms with Crippen LogP contribution in [0.25, 0.3) is 0 Å². The normalized spacial score (nSPS) is 8.57. The van der Waals surface area contributed by atoms with Crippen molar-refractivity contribution < 1.29 is 66.4 Å². The molecule has 0 unspecified atom stereocenters. The van der Waals surface area contributed by atoms with Gasteiger partial charge in [0.1, 0.15) is 74.7 Å². The number of hydrogen-bond acceptors (Lipinski definition) is 13. The van der Waals surface area contributed by atoms with E-state index in [9.17, 15) is 20.4 Å². The van der Waals surface area contributed by atoms with Gasteiger partial charge in [0.15, 0.2) is 0 Å². The Morgan fingerprint density at radius 1 is 0.107 bits per heavy atom. The smallest absolute Gasteiger partial charge is 0.115 e. The van der Waals surface area contributed by atoms with Gasteiger partial charge in [-0.1, -0.05) is 559 Å². The molecule has 150 heavy (non-hydrogen) atoms. The maximum absolute atomic E-state index is 9.79. The van der Waals surface area contributed by atoms with Crippen molar-refractivity contribution >= 4 is 0 Å². The molecule has 0 aliphatic heterocycles. The van der Waals surface area contributed by atoms with Crippen LogP contribution in [0.15, 0.2) is 497 Å². The molecule has 812 valence electrons. The lowest BCUT2D eigenvalue weighted by molar-refractivity contribution is 0.473. The second-order valence-electron chi connectivity index (χ2n) is 32.5. The molecule has 0 aliphatic rings. The van der Waals surface area contributed by atoms with Crippen molar-refractivity contribution in [2.24, 2.45) is 0 Å². The Labute approximate surface area is 907 Å². The van der Waals surface area contributed by atoms with Gasteiger partial charge in [0.2, 0.25) is 0 Å². The Balaban J connectivity index is -0.000000298. The van der Waals surface area contributed by atoms with Gasteiger partial charge in [-0.25, -0.2) is 0 Å². The number of phenolic OH excluding ortho intramolecular Hbond substituents is 13. The fraction of sp³-hybridized carbons (Fsp3) is 0.255. The summed E-state index contributed by atoms with van der Waals surface area (Å²) in [7, 11) is 0. The van der Waals surface area contributed by atoms with Crippen molar-refractivity contribution in [2.75, 3.05) is 0 Å². The largest absolute Gasteiger partial charge is 0.508 e. The SMILES string of the molecule is CCC.CCC.CCC.CCC.CCC.CCC.CCC.CCC.CCC.CCC.Cc1ccc(O)cc1.Cc1ccc(O)cc1.Cc1ccc(O)cc1.Oc1ccc(C(c2ccc(O)cc2)C(c2ccc(O)cc2)c2ccc(O)cc2)cc1.Oc1ccccc1.Oc1ccccc1.Oc1ccccc1.Oc1ccccc1.Oc1ccccc1.Oc1ccccc1.c1ccccc1.c1ccccc1.c1ccccc1.c1ccccc1. The van der Waals surface area contributed by atoms with Crippen LogP contribution in [0, 0.1) is 20.8 Å². The lowest BCUT2D eigenvalue weighted by Gasteiger charge is -2.29.